The summed E-state index contributed by atoms with van der Waals surface area (Å²) in [7, 11) is 18.4. The predicted molar refractivity (Wildman–Crippen MR) is 532 cm³/mol. The first-order valence-corrected chi connectivity index (χ1v) is 55.0. The number of halogens is 6. The Labute approximate surface area is 778 Å². The van der Waals surface area contributed by atoms with Gasteiger partial charge in [0.05, 0.1) is 11.2 Å². The number of hydrogen-bond acceptors (Lipinski definition) is 2. The molecule has 4 unspecified atom stereocenters. The summed E-state index contributed by atoms with van der Waals surface area (Å²) < 4.78 is 14.4. The number of hydrogen-bond donors (Lipinski definition) is 0. The van der Waals surface area contributed by atoms with Gasteiger partial charge in [0.25, 0.3) is 0 Å². The van der Waals surface area contributed by atoms with Crippen molar-refractivity contribution in [2.24, 2.45) is 23.7 Å². The molecule has 3 fully saturated rings. The van der Waals surface area contributed by atoms with Gasteiger partial charge in [0, 0.05) is 17.4 Å². The Kier molecular flexibility index (Phi) is 38.9. The van der Waals surface area contributed by atoms with Gasteiger partial charge < -0.3 is 24.2 Å². The van der Waals surface area contributed by atoms with E-state index < -0.39 is 36.7 Å². The van der Waals surface area contributed by atoms with Crippen LogP contribution in [0.5, 0.6) is 0 Å². The first-order valence-electron chi connectivity index (χ1n) is 40.4. The minimum Gasteiger partial charge on any atom is -0.0622 e. The molecule has 0 aromatic heterocycles. The largest absolute Gasteiger partial charge is 0.0622 e. The standard InChI is InChI=1S/C24H26.C24H18.2C18H15P.C15H19BO2.C6H4Br2.2CH3.B.4ClH.Pd.Zr/c2*1-2-8-18-14-21(13-17(18)7-1)23-11-5-6-12-24(23)22-15-19-9-3-4-10-20(19)16-22;2*1-4-10-16(11-5-1)19(17-12-6-2-7-13-17)18-14-8-3-9-15-18;1-14(2)15(3,4)18-16(17-14)13-9-11-7-5-6-8-12(11)10-13;7-5-3-1-2-4-6(5)8;;;;;;;;;/h1-12,17-22H,13-16H2;1-13,15H,14,16H2;2*1-15H;5-9H,10H2,1-4H3;1-4H;2*1H3;;4*1H;;/q;;;;;;2*-1;;;;;;+2;+4/p-4. The summed E-state index contributed by atoms with van der Waals surface area (Å²) in [4.78, 5) is 0. The van der Waals surface area contributed by atoms with Crippen LogP contribution in [0.1, 0.15) is 121 Å². The summed E-state index contributed by atoms with van der Waals surface area (Å²) >= 11 is 5.77. The van der Waals surface area contributed by atoms with Gasteiger partial charge in [-0.1, -0.05) is 382 Å². The third-order valence-electron chi connectivity index (χ3n) is 23.3. The van der Waals surface area contributed by atoms with Gasteiger partial charge in [-0.25, -0.2) is 0 Å². The maximum absolute atomic E-state index is 6.09. The maximum Gasteiger partial charge on any atom is -0.0134 e. The molecule has 20 rings (SSSR count). The number of benzene rings is 12. The van der Waals surface area contributed by atoms with Crippen LogP contribution in [0.2, 0.25) is 0 Å². The molecule has 12 aromatic carbocycles. The normalized spacial score (nSPS) is 18.5. The van der Waals surface area contributed by atoms with Crippen LogP contribution in [0.4, 0.5) is 0 Å². The van der Waals surface area contributed by atoms with Crippen molar-refractivity contribution in [3.05, 3.63) is 461 Å². The molecule has 8 aliphatic rings. The fraction of sp³-hybridized carbons (Fsp3) is 0.178. The fourth-order valence-electron chi connectivity index (χ4n) is 16.9. The zero-order valence-corrected chi connectivity index (χ0v) is 81.4. The molecule has 3 radical (unpaired) electrons. The second-order valence-electron chi connectivity index (χ2n) is 31.2. The van der Waals surface area contributed by atoms with Crippen LogP contribution >= 0.6 is 83.8 Å². The molecule has 0 amide bonds. The van der Waals surface area contributed by atoms with Gasteiger partial charge in [-0.2, -0.15) is 0 Å². The molecular formula is C107H103B2Br2Cl4O2P2PdZr. The summed E-state index contributed by atoms with van der Waals surface area (Å²) in [6, 6.07) is 117. The van der Waals surface area contributed by atoms with Crippen LogP contribution in [-0.4, -0.2) is 26.7 Å². The minimum atomic E-state index is -0.826. The molecule has 1 saturated heterocycles. The monoisotopic (exact) mass is 2000 g/mol. The SMILES string of the molecule is Brc1ccccc1Br.C1=C(c2ccccc2C2=Cc3ccccc3C2)Cc2ccccc21.C1=CC2CC(c3ccccc3C3CC4C=CC=CC4C3)CC2C=C1.CC1(C)OB(C2=Cc3ccccc3C2)OC1(C)C.[B].[CH3-].[CH3-].[Cl][Pd][Cl].[Cl][Zr+2][Cl].c1ccc(P(c2ccccc2)c2ccccc2)cc1.c1ccc(P(c2ccccc2)c2ccccc2)cc1. The van der Waals surface area contributed by atoms with Crippen molar-refractivity contribution < 1.29 is 46.1 Å². The molecule has 12 aromatic rings. The van der Waals surface area contributed by atoms with E-state index in [-0.39, 0.29) is 57.5 Å². The van der Waals surface area contributed by atoms with E-state index in [4.69, 9.17) is 45.4 Å². The fourth-order valence-corrected chi connectivity index (χ4v) is 22.1. The van der Waals surface area contributed by atoms with Crippen molar-refractivity contribution in [1.29, 1.82) is 0 Å². The van der Waals surface area contributed by atoms with Gasteiger partial charge in [-0.3, -0.25) is 0 Å². The third-order valence-corrected chi connectivity index (χ3v) is 30.1. The van der Waals surface area contributed by atoms with E-state index in [0.29, 0.717) is 0 Å². The molecule has 0 N–H and O–H groups in total. The van der Waals surface area contributed by atoms with Crippen LogP contribution in [-0.2, 0) is 65.4 Å². The van der Waals surface area contributed by atoms with Gasteiger partial charge in [-0.15, -0.1) is 0 Å². The first-order chi connectivity index (χ1) is 57.7. The van der Waals surface area contributed by atoms with E-state index in [2.05, 4.69) is 430 Å². The van der Waals surface area contributed by atoms with Crippen LogP contribution in [0.15, 0.2) is 391 Å². The molecule has 2 saturated carbocycles. The quantitative estimate of drug-likeness (QED) is 0.0730. The van der Waals surface area contributed by atoms with E-state index in [9.17, 15) is 0 Å². The Morgan fingerprint density at radius 2 is 0.587 bits per heavy atom. The van der Waals surface area contributed by atoms with E-state index >= 15 is 0 Å². The van der Waals surface area contributed by atoms with Crippen molar-refractivity contribution in [1.82, 2.24) is 0 Å². The van der Waals surface area contributed by atoms with Crippen LogP contribution in [0, 0.1) is 38.5 Å². The molecule has 1 aliphatic heterocycles. The molecule has 615 valence electrons. The van der Waals surface area contributed by atoms with Gasteiger partial charge in [0.15, 0.2) is 0 Å². The Morgan fingerprint density at radius 3 is 0.860 bits per heavy atom. The average molecular weight is 2000 g/mol. The van der Waals surface area contributed by atoms with E-state index in [1.54, 1.807) is 11.1 Å². The molecule has 7 aliphatic carbocycles. The molecule has 0 bridgehead atoms. The smallest absolute Gasteiger partial charge is 0.0134 e. The topological polar surface area (TPSA) is 18.5 Å². The van der Waals surface area contributed by atoms with Gasteiger partial charge in [0.1, 0.15) is 0 Å². The van der Waals surface area contributed by atoms with Gasteiger partial charge in [-0.05, 0) is 272 Å². The van der Waals surface area contributed by atoms with E-state index in [0.717, 1.165) is 63.7 Å². The van der Waals surface area contributed by atoms with E-state index in [1.807, 2.05) is 24.3 Å². The number of allylic oxidation sites excluding steroid dienone is 11. The summed E-state index contributed by atoms with van der Waals surface area (Å²) in [6.45, 7) is 8.37. The van der Waals surface area contributed by atoms with Crippen molar-refractivity contribution >= 4 is 161 Å². The van der Waals surface area contributed by atoms with Crippen LogP contribution in [0.3, 0.4) is 0 Å². The van der Waals surface area contributed by atoms with Crippen molar-refractivity contribution in [2.45, 2.75) is 95.7 Å². The molecule has 4 atom stereocenters. The van der Waals surface area contributed by atoms with Gasteiger partial charge in [0.2, 0.25) is 0 Å². The predicted octanol–water partition coefficient (Wildman–Crippen LogP) is 28.7. The maximum atomic E-state index is 6.09. The number of fused-ring (bicyclic) bond motifs is 5. The van der Waals surface area contributed by atoms with Crippen molar-refractivity contribution in [2.75, 3.05) is 0 Å². The average Bonchev–Trinajstić information content (AvgIpc) is 1.60. The molecule has 121 heavy (non-hydrogen) atoms. The van der Waals surface area contributed by atoms with Crippen molar-refractivity contribution in [3.63, 3.8) is 0 Å². The first kappa shape index (κ1) is 96.6. The summed E-state index contributed by atoms with van der Waals surface area (Å²) in [6.07, 6.45) is 34.0. The summed E-state index contributed by atoms with van der Waals surface area (Å²) in [5.74, 6) is 4.57. The summed E-state index contributed by atoms with van der Waals surface area (Å²) in [5, 5.41) is 8.39. The van der Waals surface area contributed by atoms with Crippen LogP contribution < -0.4 is 31.8 Å². The molecule has 14 heteroatoms. The zero-order valence-electron chi connectivity index (χ0n) is 69.4. The Hall–Kier alpha value is -6.60. The second-order valence-corrected chi connectivity index (χ2v) is 43.4. The number of rotatable bonds is 11. The summed E-state index contributed by atoms with van der Waals surface area (Å²) in [5.41, 5.74) is 17.9. The molecule has 1 heterocycles. The Morgan fingerprint density at radius 1 is 0.347 bits per heavy atom. The zero-order chi connectivity index (χ0) is 82.1. The third kappa shape index (κ3) is 26.1. The molecule has 2 nitrogen and oxygen atoms in total. The van der Waals surface area contributed by atoms with E-state index in [1.165, 1.54) is 119 Å². The molecular weight excluding hydrogens is 1900 g/mol. The minimum absolute atomic E-state index is 0. The van der Waals surface area contributed by atoms with Crippen LogP contribution in [0.25, 0.3) is 29.4 Å². The van der Waals surface area contributed by atoms with Crippen molar-refractivity contribution in [3.8, 4) is 0 Å². The molecule has 0 spiro atoms. The second kappa shape index (κ2) is 48.8. The Balaban J connectivity index is 0.000000152. The van der Waals surface area contributed by atoms with Gasteiger partial charge >= 0.3 is 80.0 Å². The Bertz CT molecular complexity index is 4920.